The predicted octanol–water partition coefficient (Wildman–Crippen LogP) is 3.35. The van der Waals surface area contributed by atoms with E-state index in [-0.39, 0.29) is 16.2 Å². The summed E-state index contributed by atoms with van der Waals surface area (Å²) in [5, 5.41) is 14.4. The van der Waals surface area contributed by atoms with Crippen LogP contribution in [-0.4, -0.2) is 29.6 Å². The Bertz CT molecular complexity index is 1360. The first-order valence-corrected chi connectivity index (χ1v) is 10.4. The Morgan fingerprint density at radius 3 is 2.37 bits per heavy atom. The van der Waals surface area contributed by atoms with Gasteiger partial charge in [0.25, 0.3) is 15.9 Å². The predicted molar refractivity (Wildman–Crippen MR) is 114 cm³/mol. The summed E-state index contributed by atoms with van der Waals surface area (Å²) < 4.78 is 27.4. The van der Waals surface area contributed by atoms with Crippen LogP contribution in [0.4, 0.5) is 0 Å². The normalized spacial score (nSPS) is 11.7. The van der Waals surface area contributed by atoms with Crippen LogP contribution in [-0.2, 0) is 10.0 Å². The Kier molecular flexibility index (Phi) is 5.07. The summed E-state index contributed by atoms with van der Waals surface area (Å²) in [5.74, 6) is -0.735. The molecule has 0 saturated carbocycles. The van der Waals surface area contributed by atoms with E-state index in [9.17, 15) is 18.3 Å². The zero-order valence-electron chi connectivity index (χ0n) is 15.6. The van der Waals surface area contributed by atoms with Crippen molar-refractivity contribution < 1.29 is 18.3 Å². The van der Waals surface area contributed by atoms with Gasteiger partial charge in [0, 0.05) is 17.1 Å². The van der Waals surface area contributed by atoms with Crippen molar-refractivity contribution in [1.29, 1.82) is 0 Å². The number of benzene rings is 3. The van der Waals surface area contributed by atoms with E-state index in [0.29, 0.717) is 16.5 Å². The van der Waals surface area contributed by atoms with Crippen LogP contribution in [0.25, 0.3) is 10.9 Å². The number of hydrogen-bond acceptors (Lipinski definition) is 5. The molecule has 1 amide bonds. The van der Waals surface area contributed by atoms with Gasteiger partial charge in [0.1, 0.15) is 5.75 Å². The van der Waals surface area contributed by atoms with Gasteiger partial charge >= 0.3 is 0 Å². The van der Waals surface area contributed by atoms with E-state index in [1.54, 1.807) is 54.6 Å². The highest BCUT2D eigenvalue weighted by atomic mass is 32.2. The van der Waals surface area contributed by atoms with Gasteiger partial charge in [0.05, 0.1) is 22.2 Å². The number of fused-ring (bicyclic) bond motifs is 1. The van der Waals surface area contributed by atoms with Crippen molar-refractivity contribution in [1.82, 2.24) is 9.40 Å². The van der Waals surface area contributed by atoms with E-state index in [4.69, 9.17) is 0 Å². The van der Waals surface area contributed by atoms with Gasteiger partial charge in [-0.3, -0.25) is 4.79 Å². The lowest BCUT2D eigenvalue weighted by Gasteiger charge is -2.07. The van der Waals surface area contributed by atoms with Crippen molar-refractivity contribution in [3.63, 3.8) is 0 Å². The largest absolute Gasteiger partial charge is 0.507 e. The van der Waals surface area contributed by atoms with Gasteiger partial charge in [-0.05, 0) is 30.3 Å². The molecule has 8 heteroatoms. The second-order valence-corrected chi connectivity index (χ2v) is 8.25. The third kappa shape index (κ3) is 3.56. The number of phenolic OH excluding ortho intramolecular Hbond substituents is 1. The minimum absolute atomic E-state index is 0.0868. The van der Waals surface area contributed by atoms with E-state index in [2.05, 4.69) is 10.5 Å². The first-order valence-electron chi connectivity index (χ1n) is 9.00. The van der Waals surface area contributed by atoms with Gasteiger partial charge in [0.2, 0.25) is 0 Å². The molecule has 1 aromatic heterocycles. The highest BCUT2D eigenvalue weighted by molar-refractivity contribution is 7.90. The molecule has 0 saturated heterocycles. The van der Waals surface area contributed by atoms with Crippen LogP contribution in [0.15, 0.2) is 95.1 Å². The number of nitrogens with one attached hydrogen (secondary N) is 1. The van der Waals surface area contributed by atoms with Gasteiger partial charge in [-0.25, -0.2) is 17.8 Å². The average molecular weight is 419 g/mol. The molecule has 2 N–H and O–H groups in total. The molecule has 0 aliphatic rings. The van der Waals surface area contributed by atoms with Crippen molar-refractivity contribution in [2.24, 2.45) is 5.10 Å². The molecule has 0 aliphatic carbocycles. The van der Waals surface area contributed by atoms with E-state index in [1.807, 2.05) is 0 Å². The van der Waals surface area contributed by atoms with Crippen LogP contribution in [0.5, 0.6) is 5.75 Å². The van der Waals surface area contributed by atoms with Crippen LogP contribution < -0.4 is 5.43 Å². The van der Waals surface area contributed by atoms with Gasteiger partial charge in [-0.2, -0.15) is 5.10 Å². The van der Waals surface area contributed by atoms with Crippen molar-refractivity contribution in [3.05, 3.63) is 96.2 Å². The summed E-state index contributed by atoms with van der Waals surface area (Å²) in [5.41, 5.74) is 3.44. The molecule has 0 radical (unpaired) electrons. The number of rotatable bonds is 5. The fraction of sp³-hybridized carbons (Fsp3) is 0. The van der Waals surface area contributed by atoms with Crippen LogP contribution in [0.1, 0.15) is 15.9 Å². The summed E-state index contributed by atoms with van der Waals surface area (Å²) in [7, 11) is -3.80. The van der Waals surface area contributed by atoms with Gasteiger partial charge < -0.3 is 5.11 Å². The molecule has 4 aromatic rings. The standard InChI is InChI=1S/C22H17N3O4S/c26-21-13-7-5-11-19(21)22(27)24-23-14-16-15-25(20-12-6-4-10-18(16)20)30(28,29)17-8-2-1-3-9-17/h1-15,26H,(H,24,27)/b23-14+. The van der Waals surface area contributed by atoms with E-state index in [0.717, 1.165) is 0 Å². The first kappa shape index (κ1) is 19.4. The van der Waals surface area contributed by atoms with E-state index < -0.39 is 15.9 Å². The fourth-order valence-corrected chi connectivity index (χ4v) is 4.47. The minimum atomic E-state index is -3.80. The fourth-order valence-electron chi connectivity index (χ4n) is 3.07. The van der Waals surface area contributed by atoms with Crippen LogP contribution in [0.3, 0.4) is 0 Å². The molecule has 1 heterocycles. The average Bonchev–Trinajstić information content (AvgIpc) is 3.14. The Labute approximate surface area is 173 Å². The van der Waals surface area contributed by atoms with Crippen LogP contribution in [0.2, 0.25) is 0 Å². The second kappa shape index (κ2) is 7.84. The molecule has 0 atom stereocenters. The summed E-state index contributed by atoms with van der Waals surface area (Å²) in [6.07, 6.45) is 2.83. The first-order chi connectivity index (χ1) is 14.5. The lowest BCUT2D eigenvalue weighted by atomic mass is 10.2. The molecular weight excluding hydrogens is 402 g/mol. The monoisotopic (exact) mass is 419 g/mol. The molecule has 3 aromatic carbocycles. The van der Waals surface area contributed by atoms with Gasteiger partial charge in [-0.1, -0.05) is 48.5 Å². The molecule has 7 nitrogen and oxygen atoms in total. The SMILES string of the molecule is O=C(N/N=C/c1cn(S(=O)(=O)c2ccccc2)c2ccccc12)c1ccccc1O. The van der Waals surface area contributed by atoms with Gasteiger partial charge in [-0.15, -0.1) is 0 Å². The van der Waals surface area contributed by atoms with E-state index >= 15 is 0 Å². The summed E-state index contributed by atoms with van der Waals surface area (Å²) >= 11 is 0. The van der Waals surface area contributed by atoms with Crippen molar-refractivity contribution in [3.8, 4) is 5.75 Å². The molecule has 0 unspecified atom stereocenters. The molecule has 0 bridgehead atoms. The molecule has 4 rings (SSSR count). The second-order valence-electron chi connectivity index (χ2n) is 6.43. The Morgan fingerprint density at radius 2 is 1.60 bits per heavy atom. The maximum Gasteiger partial charge on any atom is 0.275 e. The number of aromatic hydroxyl groups is 1. The Balaban J connectivity index is 1.69. The number of carbonyl (C=O) groups is 1. The molecule has 0 fully saturated rings. The lowest BCUT2D eigenvalue weighted by molar-refractivity contribution is 0.0952. The molecule has 150 valence electrons. The lowest BCUT2D eigenvalue weighted by Crippen LogP contribution is -2.17. The van der Waals surface area contributed by atoms with Gasteiger partial charge in [0.15, 0.2) is 0 Å². The number of para-hydroxylation sites is 2. The summed E-state index contributed by atoms with van der Waals surface area (Å²) in [6.45, 7) is 0. The highest BCUT2D eigenvalue weighted by Crippen LogP contribution is 2.25. The highest BCUT2D eigenvalue weighted by Gasteiger charge is 2.20. The molecule has 0 aliphatic heterocycles. The Hall–Kier alpha value is -3.91. The molecule has 30 heavy (non-hydrogen) atoms. The minimum Gasteiger partial charge on any atom is -0.507 e. The maximum absolute atomic E-state index is 13.1. The van der Waals surface area contributed by atoms with E-state index in [1.165, 1.54) is 40.6 Å². The maximum atomic E-state index is 13.1. The quantitative estimate of drug-likeness (QED) is 0.383. The van der Waals surface area contributed by atoms with Crippen molar-refractivity contribution in [2.45, 2.75) is 4.90 Å². The number of hydrazone groups is 1. The Morgan fingerprint density at radius 1 is 0.933 bits per heavy atom. The van der Waals surface area contributed by atoms with Crippen LogP contribution >= 0.6 is 0 Å². The zero-order chi connectivity index (χ0) is 21.1. The van der Waals surface area contributed by atoms with Crippen molar-refractivity contribution >= 4 is 33.0 Å². The van der Waals surface area contributed by atoms with Crippen LogP contribution in [0, 0.1) is 0 Å². The number of amides is 1. The smallest absolute Gasteiger partial charge is 0.275 e. The summed E-state index contributed by atoms with van der Waals surface area (Å²) in [4.78, 5) is 12.4. The molecular formula is C22H17N3O4S. The third-order valence-electron chi connectivity index (χ3n) is 4.53. The molecule has 0 spiro atoms. The summed E-state index contributed by atoms with van der Waals surface area (Å²) in [6, 6.07) is 21.3. The third-order valence-corrected chi connectivity index (χ3v) is 6.22. The number of aromatic nitrogens is 1. The number of phenols is 1. The number of carbonyl (C=O) groups excluding carboxylic acids is 1. The number of hydrogen-bond donors (Lipinski definition) is 2. The topological polar surface area (TPSA) is 101 Å². The number of nitrogens with zero attached hydrogens (tertiary/aromatic N) is 2. The van der Waals surface area contributed by atoms with Crippen molar-refractivity contribution in [2.75, 3.05) is 0 Å². The zero-order valence-corrected chi connectivity index (χ0v) is 16.5.